The van der Waals surface area contributed by atoms with Gasteiger partial charge < -0.3 is 4.90 Å². The minimum atomic E-state index is -4.75. The smallest absolute Gasteiger partial charge is 0.333 e. The number of hydrogen-bond acceptors (Lipinski definition) is 3. The lowest BCUT2D eigenvalue weighted by molar-refractivity contribution is -0.205. The first-order valence-corrected chi connectivity index (χ1v) is 6.35. The van der Waals surface area contributed by atoms with E-state index in [2.05, 4.69) is 9.88 Å². The molecule has 2 aliphatic heterocycles. The van der Waals surface area contributed by atoms with Crippen molar-refractivity contribution in [1.82, 2.24) is 14.8 Å². The first-order chi connectivity index (χ1) is 9.38. The standard InChI is InChI=1S/C13H14F3N3O/c14-13(15,16)11(20)19-8-12(9-19)6-18(7-12)5-10-1-3-17-4-2-10/h1-4H,5-9H2. The fourth-order valence-electron chi connectivity index (χ4n) is 3.05. The summed E-state index contributed by atoms with van der Waals surface area (Å²) in [5.41, 5.74) is 1.02. The van der Waals surface area contributed by atoms with Crippen LogP contribution in [0.2, 0.25) is 0 Å². The molecule has 0 saturated carbocycles. The van der Waals surface area contributed by atoms with Crippen LogP contribution in [-0.4, -0.2) is 53.0 Å². The molecule has 20 heavy (non-hydrogen) atoms. The van der Waals surface area contributed by atoms with Gasteiger partial charge in [-0.2, -0.15) is 13.2 Å². The molecule has 4 nitrogen and oxygen atoms in total. The van der Waals surface area contributed by atoms with E-state index in [-0.39, 0.29) is 18.5 Å². The van der Waals surface area contributed by atoms with Gasteiger partial charge in [-0.05, 0) is 17.7 Å². The molecule has 3 heterocycles. The number of pyridine rings is 1. The average Bonchev–Trinajstić information content (AvgIpc) is 2.30. The number of amides is 1. The van der Waals surface area contributed by atoms with E-state index in [1.807, 2.05) is 12.1 Å². The van der Waals surface area contributed by atoms with Crippen LogP contribution in [0.15, 0.2) is 24.5 Å². The van der Waals surface area contributed by atoms with Gasteiger partial charge in [0.1, 0.15) is 0 Å². The molecule has 3 rings (SSSR count). The van der Waals surface area contributed by atoms with Gasteiger partial charge in [0.15, 0.2) is 0 Å². The molecule has 0 radical (unpaired) electrons. The monoisotopic (exact) mass is 285 g/mol. The van der Waals surface area contributed by atoms with Crippen LogP contribution in [-0.2, 0) is 11.3 Å². The summed E-state index contributed by atoms with van der Waals surface area (Å²) in [6.07, 6.45) is -1.31. The Balaban J connectivity index is 1.47. The normalized spacial score (nSPS) is 21.4. The Morgan fingerprint density at radius 2 is 1.80 bits per heavy atom. The quantitative estimate of drug-likeness (QED) is 0.821. The maximum atomic E-state index is 12.3. The molecule has 0 atom stereocenters. The van der Waals surface area contributed by atoms with Crippen LogP contribution in [0.5, 0.6) is 0 Å². The number of alkyl halides is 3. The molecule has 0 N–H and O–H groups in total. The highest BCUT2D eigenvalue weighted by Crippen LogP contribution is 2.41. The molecule has 2 fully saturated rings. The lowest BCUT2D eigenvalue weighted by atomic mass is 9.72. The van der Waals surface area contributed by atoms with Crippen molar-refractivity contribution < 1.29 is 18.0 Å². The predicted octanol–water partition coefficient (Wildman–Crippen LogP) is 1.29. The molecular formula is C13H14F3N3O. The van der Waals surface area contributed by atoms with Gasteiger partial charge in [0.05, 0.1) is 0 Å². The first kappa shape index (κ1) is 13.4. The van der Waals surface area contributed by atoms with Gasteiger partial charge in [-0.3, -0.25) is 14.7 Å². The second-order valence-corrected chi connectivity index (χ2v) is 5.66. The molecule has 2 saturated heterocycles. The van der Waals surface area contributed by atoms with Crippen molar-refractivity contribution in [2.75, 3.05) is 26.2 Å². The summed E-state index contributed by atoms with van der Waals surface area (Å²) in [5, 5.41) is 0. The third-order valence-corrected chi connectivity index (χ3v) is 3.86. The third kappa shape index (κ3) is 2.37. The highest BCUT2D eigenvalue weighted by Gasteiger charge is 2.56. The molecule has 1 aromatic rings. The minimum Gasteiger partial charge on any atom is -0.333 e. The average molecular weight is 285 g/mol. The van der Waals surface area contributed by atoms with E-state index in [1.54, 1.807) is 12.4 Å². The molecule has 7 heteroatoms. The van der Waals surface area contributed by atoms with Gasteiger partial charge in [-0.1, -0.05) is 0 Å². The van der Waals surface area contributed by atoms with Crippen LogP contribution in [0, 0.1) is 5.41 Å². The molecule has 108 valence electrons. The highest BCUT2D eigenvalue weighted by atomic mass is 19.4. The van der Waals surface area contributed by atoms with Crippen LogP contribution in [0.4, 0.5) is 13.2 Å². The number of likely N-dealkylation sites (tertiary alicyclic amines) is 2. The number of aromatic nitrogens is 1. The Hall–Kier alpha value is -1.63. The summed E-state index contributed by atoms with van der Waals surface area (Å²) in [4.78, 5) is 18.0. The van der Waals surface area contributed by atoms with Gasteiger partial charge in [0, 0.05) is 50.5 Å². The number of carbonyl (C=O) groups is 1. The lowest BCUT2D eigenvalue weighted by Crippen LogP contribution is -2.73. The van der Waals surface area contributed by atoms with E-state index in [4.69, 9.17) is 0 Å². The topological polar surface area (TPSA) is 36.4 Å². The summed E-state index contributed by atoms with van der Waals surface area (Å²) in [6, 6.07) is 3.84. The molecule has 0 aliphatic carbocycles. The Labute approximate surface area is 114 Å². The maximum Gasteiger partial charge on any atom is 0.471 e. The van der Waals surface area contributed by atoms with Crippen LogP contribution in [0.25, 0.3) is 0 Å². The number of hydrogen-bond donors (Lipinski definition) is 0. The van der Waals surface area contributed by atoms with Crippen LogP contribution in [0.1, 0.15) is 5.56 Å². The summed E-state index contributed by atoms with van der Waals surface area (Å²) < 4.78 is 36.8. The van der Waals surface area contributed by atoms with Crippen molar-refractivity contribution in [3.05, 3.63) is 30.1 Å². The van der Waals surface area contributed by atoms with Crippen molar-refractivity contribution in [2.45, 2.75) is 12.7 Å². The molecule has 0 unspecified atom stereocenters. The van der Waals surface area contributed by atoms with E-state index in [1.165, 1.54) is 0 Å². The van der Waals surface area contributed by atoms with E-state index in [9.17, 15) is 18.0 Å². The van der Waals surface area contributed by atoms with E-state index in [0.717, 1.165) is 30.1 Å². The second kappa shape index (κ2) is 4.44. The van der Waals surface area contributed by atoms with Crippen molar-refractivity contribution in [3.63, 3.8) is 0 Å². The molecule has 1 aromatic heterocycles. The maximum absolute atomic E-state index is 12.3. The minimum absolute atomic E-state index is 0.117. The molecule has 0 bridgehead atoms. The van der Waals surface area contributed by atoms with Crippen molar-refractivity contribution in [2.24, 2.45) is 5.41 Å². The number of rotatable bonds is 2. The van der Waals surface area contributed by atoms with Crippen molar-refractivity contribution in [1.29, 1.82) is 0 Å². The predicted molar refractivity (Wildman–Crippen MR) is 64.6 cm³/mol. The molecule has 2 aliphatic rings. The SMILES string of the molecule is O=C(N1CC2(CN(Cc3ccncc3)C2)C1)C(F)(F)F. The Kier molecular flexibility index (Phi) is 2.97. The highest BCUT2D eigenvalue weighted by molar-refractivity contribution is 5.82. The summed E-state index contributed by atoms with van der Waals surface area (Å²) in [6.45, 7) is 2.71. The number of nitrogens with zero attached hydrogens (tertiary/aromatic N) is 3. The number of carbonyl (C=O) groups excluding carboxylic acids is 1. The van der Waals surface area contributed by atoms with E-state index >= 15 is 0 Å². The zero-order valence-corrected chi connectivity index (χ0v) is 10.7. The largest absolute Gasteiger partial charge is 0.471 e. The molecule has 0 aromatic carbocycles. The van der Waals surface area contributed by atoms with Crippen LogP contribution < -0.4 is 0 Å². The zero-order chi connectivity index (χ0) is 14.4. The van der Waals surface area contributed by atoms with Gasteiger partial charge in [-0.15, -0.1) is 0 Å². The summed E-state index contributed by atoms with van der Waals surface area (Å²) in [5.74, 6) is -1.71. The van der Waals surface area contributed by atoms with Crippen LogP contribution in [0.3, 0.4) is 0 Å². The van der Waals surface area contributed by atoms with E-state index in [0.29, 0.717) is 0 Å². The Morgan fingerprint density at radius 3 is 2.35 bits per heavy atom. The van der Waals surface area contributed by atoms with Gasteiger partial charge in [-0.25, -0.2) is 0 Å². The summed E-state index contributed by atoms with van der Waals surface area (Å²) in [7, 11) is 0. The van der Waals surface area contributed by atoms with Gasteiger partial charge in [0.2, 0.25) is 0 Å². The fourth-order valence-corrected chi connectivity index (χ4v) is 3.05. The second-order valence-electron chi connectivity index (χ2n) is 5.66. The zero-order valence-electron chi connectivity index (χ0n) is 10.7. The number of halogens is 3. The molecular weight excluding hydrogens is 271 g/mol. The van der Waals surface area contributed by atoms with Crippen LogP contribution >= 0.6 is 0 Å². The van der Waals surface area contributed by atoms with Gasteiger partial charge in [0.25, 0.3) is 0 Å². The fraction of sp³-hybridized carbons (Fsp3) is 0.538. The van der Waals surface area contributed by atoms with Crippen molar-refractivity contribution >= 4 is 5.91 Å². The Bertz CT molecular complexity index is 503. The Morgan fingerprint density at radius 1 is 1.20 bits per heavy atom. The molecule has 1 spiro atoms. The van der Waals surface area contributed by atoms with E-state index < -0.39 is 12.1 Å². The molecule has 1 amide bonds. The van der Waals surface area contributed by atoms with Gasteiger partial charge >= 0.3 is 12.1 Å². The third-order valence-electron chi connectivity index (χ3n) is 3.86. The lowest BCUT2D eigenvalue weighted by Gasteiger charge is -2.60. The summed E-state index contributed by atoms with van der Waals surface area (Å²) >= 11 is 0. The first-order valence-electron chi connectivity index (χ1n) is 6.35. The van der Waals surface area contributed by atoms with Crippen molar-refractivity contribution in [3.8, 4) is 0 Å².